The molecule has 1 aromatic carbocycles. The van der Waals surface area contributed by atoms with Crippen LogP contribution in [-0.2, 0) is 4.79 Å². The van der Waals surface area contributed by atoms with E-state index in [1.807, 2.05) is 26.8 Å². The zero-order valence-corrected chi connectivity index (χ0v) is 17.0. The minimum absolute atomic E-state index is 0.0992. The topological polar surface area (TPSA) is 155 Å². The third-order valence-corrected chi connectivity index (χ3v) is 3.88. The monoisotopic (exact) mass is 408 g/mol. The molecule has 0 bridgehead atoms. The van der Waals surface area contributed by atoms with Crippen molar-refractivity contribution in [2.75, 3.05) is 11.9 Å². The highest BCUT2D eigenvalue weighted by molar-refractivity contribution is 5.91. The average Bonchev–Trinajstić information content (AvgIpc) is 3.18. The Hall–Kier alpha value is -3.95. The number of hydrogen-bond donors (Lipinski definition) is 5. The summed E-state index contributed by atoms with van der Waals surface area (Å²) < 4.78 is 5.62. The number of allylic oxidation sites excluding steroid dienone is 1. The molecular weight excluding hydrogens is 384 g/mol. The van der Waals surface area contributed by atoms with Gasteiger partial charge in [0.05, 0.1) is 17.3 Å². The number of amides is 1. The van der Waals surface area contributed by atoms with Gasteiger partial charge in [0.25, 0.3) is 5.91 Å². The molecule has 0 radical (unpaired) electrons. The SMILES string of the molecule is CC(C)(C)NC(=O)COc1cccc(-c2nc(N/C(C=N)=C/N)c3cn[nH]c3n2)c1. The smallest absolute Gasteiger partial charge is 0.258 e. The van der Waals surface area contributed by atoms with E-state index in [0.29, 0.717) is 39.7 Å². The van der Waals surface area contributed by atoms with Crippen molar-refractivity contribution >= 4 is 29.0 Å². The van der Waals surface area contributed by atoms with Crippen molar-refractivity contribution in [2.24, 2.45) is 5.73 Å². The number of aromatic nitrogens is 4. The number of hydrogen-bond acceptors (Lipinski definition) is 8. The fraction of sp³-hybridized carbons (Fsp3) is 0.250. The summed E-state index contributed by atoms with van der Waals surface area (Å²) in [4.78, 5) is 21.0. The van der Waals surface area contributed by atoms with Gasteiger partial charge in [0.1, 0.15) is 11.6 Å². The molecule has 3 rings (SSSR count). The Labute approximate surface area is 173 Å². The summed E-state index contributed by atoms with van der Waals surface area (Å²) >= 11 is 0. The van der Waals surface area contributed by atoms with E-state index in [-0.39, 0.29) is 18.1 Å². The molecule has 0 saturated heterocycles. The molecule has 0 aliphatic rings. The van der Waals surface area contributed by atoms with Gasteiger partial charge in [-0.05, 0) is 32.9 Å². The van der Waals surface area contributed by atoms with Crippen LogP contribution in [0.5, 0.6) is 5.75 Å². The molecule has 0 aliphatic carbocycles. The third-order valence-electron chi connectivity index (χ3n) is 3.88. The highest BCUT2D eigenvalue weighted by Gasteiger charge is 2.15. The summed E-state index contributed by atoms with van der Waals surface area (Å²) in [5.74, 6) is 1.18. The number of H-pyrrole nitrogens is 1. The summed E-state index contributed by atoms with van der Waals surface area (Å²) in [5.41, 5.74) is 6.79. The molecule has 156 valence electrons. The van der Waals surface area contributed by atoms with Crippen molar-refractivity contribution in [3.05, 3.63) is 42.4 Å². The van der Waals surface area contributed by atoms with Gasteiger partial charge in [0.2, 0.25) is 0 Å². The molecule has 2 aromatic heterocycles. The first-order valence-corrected chi connectivity index (χ1v) is 9.24. The van der Waals surface area contributed by atoms with E-state index in [9.17, 15) is 4.79 Å². The first kappa shape index (κ1) is 20.8. The molecule has 10 nitrogen and oxygen atoms in total. The van der Waals surface area contributed by atoms with Gasteiger partial charge >= 0.3 is 0 Å². The number of nitrogens with two attached hydrogens (primary N) is 1. The van der Waals surface area contributed by atoms with Crippen LogP contribution >= 0.6 is 0 Å². The second-order valence-corrected chi connectivity index (χ2v) is 7.53. The average molecular weight is 408 g/mol. The summed E-state index contributed by atoms with van der Waals surface area (Å²) in [6, 6.07) is 7.14. The Morgan fingerprint density at radius 2 is 2.13 bits per heavy atom. The summed E-state index contributed by atoms with van der Waals surface area (Å²) in [7, 11) is 0. The molecule has 1 amide bonds. The summed E-state index contributed by atoms with van der Waals surface area (Å²) in [6.07, 6.45) is 3.95. The standard InChI is InChI=1S/C20H24N8O2/c1-20(2,3)27-16(29)11-30-14-6-4-5-12(7-14)17-25-18(24-13(8-21)9-22)15-10-23-28-19(15)26-17/h4-10,21H,11,22H2,1-3H3,(H,27,29)(H2,23,24,25,26,28)/b13-9+,21-8?. The molecule has 0 atom stereocenters. The number of nitrogens with zero attached hydrogens (tertiary/aromatic N) is 3. The molecule has 3 aromatic rings. The molecular formula is C20H24N8O2. The Balaban J connectivity index is 1.86. The van der Waals surface area contributed by atoms with Crippen LogP contribution in [0, 0.1) is 5.41 Å². The summed E-state index contributed by atoms with van der Waals surface area (Å²) in [6.45, 7) is 5.62. The maximum Gasteiger partial charge on any atom is 0.258 e. The number of fused-ring (bicyclic) bond motifs is 1. The van der Waals surface area contributed by atoms with Gasteiger partial charge in [-0.1, -0.05) is 12.1 Å². The number of ether oxygens (including phenoxy) is 1. The molecule has 0 unspecified atom stereocenters. The van der Waals surface area contributed by atoms with Gasteiger partial charge in [0.15, 0.2) is 18.1 Å². The van der Waals surface area contributed by atoms with E-state index in [0.717, 1.165) is 6.21 Å². The minimum atomic E-state index is -0.327. The second kappa shape index (κ2) is 8.60. The predicted octanol–water partition coefficient (Wildman–Crippen LogP) is 2.17. The van der Waals surface area contributed by atoms with Crippen LogP contribution in [0.15, 0.2) is 42.4 Å². The van der Waals surface area contributed by atoms with Crippen LogP contribution in [-0.4, -0.2) is 44.4 Å². The van der Waals surface area contributed by atoms with Gasteiger partial charge in [-0.2, -0.15) is 5.10 Å². The maximum absolute atomic E-state index is 12.0. The summed E-state index contributed by atoms with van der Waals surface area (Å²) in [5, 5.41) is 20.7. The van der Waals surface area contributed by atoms with Crippen LogP contribution in [0.4, 0.5) is 5.82 Å². The Kier molecular flexibility index (Phi) is 5.95. The van der Waals surface area contributed by atoms with Crippen molar-refractivity contribution in [1.82, 2.24) is 25.5 Å². The van der Waals surface area contributed by atoms with Crippen LogP contribution in [0.3, 0.4) is 0 Å². The van der Waals surface area contributed by atoms with Crippen molar-refractivity contribution < 1.29 is 9.53 Å². The van der Waals surface area contributed by atoms with Gasteiger partial charge in [-0.25, -0.2) is 9.97 Å². The van der Waals surface area contributed by atoms with E-state index in [4.69, 9.17) is 15.9 Å². The Morgan fingerprint density at radius 3 is 2.83 bits per heavy atom. The highest BCUT2D eigenvalue weighted by Crippen LogP contribution is 2.26. The van der Waals surface area contributed by atoms with Gasteiger partial charge < -0.3 is 26.5 Å². The first-order valence-electron chi connectivity index (χ1n) is 9.24. The lowest BCUT2D eigenvalue weighted by Crippen LogP contribution is -2.43. The van der Waals surface area contributed by atoms with E-state index in [1.165, 1.54) is 6.20 Å². The van der Waals surface area contributed by atoms with Gasteiger partial charge in [-0.15, -0.1) is 0 Å². The molecule has 0 saturated carbocycles. The van der Waals surface area contributed by atoms with E-state index in [2.05, 4.69) is 30.8 Å². The van der Waals surface area contributed by atoms with Crippen LogP contribution in [0.25, 0.3) is 22.4 Å². The Morgan fingerprint density at radius 1 is 1.33 bits per heavy atom. The van der Waals surface area contributed by atoms with Gasteiger partial charge in [0, 0.05) is 23.5 Å². The number of benzene rings is 1. The van der Waals surface area contributed by atoms with Crippen molar-refractivity contribution in [1.29, 1.82) is 5.41 Å². The molecule has 10 heteroatoms. The molecule has 0 aliphatic heterocycles. The van der Waals surface area contributed by atoms with E-state index in [1.54, 1.807) is 24.4 Å². The first-order chi connectivity index (χ1) is 14.3. The number of carbonyl (C=O) groups excluding carboxylic acids is 1. The van der Waals surface area contributed by atoms with Crippen LogP contribution in [0.2, 0.25) is 0 Å². The number of carbonyl (C=O) groups is 1. The lowest BCUT2D eigenvalue weighted by Gasteiger charge is -2.20. The molecule has 0 fully saturated rings. The fourth-order valence-corrected chi connectivity index (χ4v) is 2.65. The number of nitrogens with one attached hydrogen (secondary N) is 4. The molecule has 6 N–H and O–H groups in total. The number of rotatable bonds is 7. The van der Waals surface area contributed by atoms with Crippen molar-refractivity contribution in [3.63, 3.8) is 0 Å². The zero-order valence-electron chi connectivity index (χ0n) is 17.0. The van der Waals surface area contributed by atoms with Crippen molar-refractivity contribution in [2.45, 2.75) is 26.3 Å². The molecule has 2 heterocycles. The van der Waals surface area contributed by atoms with E-state index < -0.39 is 0 Å². The molecule has 30 heavy (non-hydrogen) atoms. The zero-order chi connectivity index (χ0) is 21.7. The van der Waals surface area contributed by atoms with E-state index >= 15 is 0 Å². The lowest BCUT2D eigenvalue weighted by atomic mass is 10.1. The number of anilines is 1. The number of aromatic amines is 1. The van der Waals surface area contributed by atoms with Gasteiger partial charge in [-0.3, -0.25) is 9.89 Å². The molecule has 0 spiro atoms. The predicted molar refractivity (Wildman–Crippen MR) is 115 cm³/mol. The van der Waals surface area contributed by atoms with Crippen LogP contribution < -0.4 is 21.1 Å². The second-order valence-electron chi connectivity index (χ2n) is 7.53. The maximum atomic E-state index is 12.0. The fourth-order valence-electron chi connectivity index (χ4n) is 2.65. The normalized spacial score (nSPS) is 11.9. The Bertz CT molecular complexity index is 1100. The van der Waals surface area contributed by atoms with Crippen molar-refractivity contribution in [3.8, 4) is 17.1 Å². The largest absolute Gasteiger partial charge is 0.484 e. The quantitative estimate of drug-likeness (QED) is 0.375. The van der Waals surface area contributed by atoms with Crippen LogP contribution in [0.1, 0.15) is 20.8 Å². The minimum Gasteiger partial charge on any atom is -0.484 e. The third kappa shape index (κ3) is 5.10. The highest BCUT2D eigenvalue weighted by atomic mass is 16.5. The lowest BCUT2D eigenvalue weighted by molar-refractivity contribution is -0.124.